The topological polar surface area (TPSA) is 35.5 Å². The van der Waals surface area contributed by atoms with Crippen LogP contribution in [-0.4, -0.2) is 31.0 Å². The lowest BCUT2D eigenvalue weighted by Gasteiger charge is -2.38. The molecule has 4 saturated carbocycles. The summed E-state index contributed by atoms with van der Waals surface area (Å²) in [5, 5.41) is 0. The molecule has 38 heavy (non-hydrogen) atoms. The highest BCUT2D eigenvalue weighted by Gasteiger charge is 2.36. The Hall–Kier alpha value is -0.900. The molecular weight excluding hydrogens is 475 g/mol. The van der Waals surface area contributed by atoms with Crippen molar-refractivity contribution >= 4 is 5.97 Å². The summed E-state index contributed by atoms with van der Waals surface area (Å²) in [5.74, 6) is 2.71. The van der Waals surface area contributed by atoms with E-state index in [2.05, 4.69) is 13.5 Å². The van der Waals surface area contributed by atoms with E-state index < -0.39 is 12.1 Å². The fraction of sp³-hybridized carbons (Fsp3) is 0.912. The maximum Gasteiger partial charge on any atom is 0.312 e. The normalized spacial score (nSPS) is 36.6. The summed E-state index contributed by atoms with van der Waals surface area (Å²) in [5.41, 5.74) is 0.929. The molecule has 0 bridgehead atoms. The summed E-state index contributed by atoms with van der Waals surface area (Å²) in [6.07, 6.45) is 24.6. The number of hydrogen-bond donors (Lipinski definition) is 0. The second-order valence-corrected chi connectivity index (χ2v) is 13.5. The van der Waals surface area contributed by atoms with Crippen LogP contribution in [0.4, 0.5) is 4.39 Å². The van der Waals surface area contributed by atoms with Gasteiger partial charge in [0.15, 0.2) is 0 Å². The third-order valence-electron chi connectivity index (χ3n) is 10.7. The van der Waals surface area contributed by atoms with Gasteiger partial charge in [0.25, 0.3) is 0 Å². The molecule has 0 amide bonds. The van der Waals surface area contributed by atoms with Crippen LogP contribution in [0.3, 0.4) is 0 Å². The minimum atomic E-state index is -1.11. The van der Waals surface area contributed by atoms with Gasteiger partial charge in [0.05, 0.1) is 12.0 Å². The second-order valence-electron chi connectivity index (χ2n) is 13.5. The van der Waals surface area contributed by atoms with Crippen LogP contribution >= 0.6 is 0 Å². The Labute approximate surface area is 233 Å². The van der Waals surface area contributed by atoms with E-state index >= 15 is 0 Å². The summed E-state index contributed by atoms with van der Waals surface area (Å²) in [6, 6.07) is 0. The number of alkyl halides is 1. The minimum absolute atomic E-state index is 0.0102. The second kappa shape index (κ2) is 15.8. The van der Waals surface area contributed by atoms with Gasteiger partial charge in [0.2, 0.25) is 0 Å². The Morgan fingerprint density at radius 3 is 1.92 bits per heavy atom. The molecule has 0 aromatic carbocycles. The monoisotopic (exact) mass is 532 g/mol. The van der Waals surface area contributed by atoms with Crippen molar-refractivity contribution in [2.24, 2.45) is 29.6 Å². The number of allylic oxidation sites excluding steroid dienone is 1. The Kier molecular flexibility index (Phi) is 12.5. The van der Waals surface area contributed by atoms with Crippen LogP contribution in [0, 0.1) is 29.6 Å². The average molecular weight is 533 g/mol. The van der Waals surface area contributed by atoms with Crippen molar-refractivity contribution in [3.05, 3.63) is 12.2 Å². The summed E-state index contributed by atoms with van der Waals surface area (Å²) in [7, 11) is 0. The van der Waals surface area contributed by atoms with Gasteiger partial charge in [-0.05, 0) is 107 Å². The number of esters is 1. The Balaban J connectivity index is 1.02. The van der Waals surface area contributed by atoms with Gasteiger partial charge in [-0.15, -0.1) is 0 Å². The van der Waals surface area contributed by atoms with E-state index in [9.17, 15) is 9.18 Å². The van der Waals surface area contributed by atoms with Gasteiger partial charge in [-0.25, -0.2) is 4.39 Å². The standard InChI is InChI=1S/C34H57FO3/c1-3-4-23-37-30-18-12-27(13-19-30)8-6-5-7-26-10-14-28(15-11-26)29-16-20-31(21-17-29)38-34(36)32-22-9-25(2)24-33(32)35/h26-33H,2-24H2,1H3. The number of rotatable bonds is 12. The fourth-order valence-corrected chi connectivity index (χ4v) is 8.05. The quantitative estimate of drug-likeness (QED) is 0.143. The van der Waals surface area contributed by atoms with E-state index in [4.69, 9.17) is 9.47 Å². The third-order valence-corrected chi connectivity index (χ3v) is 10.7. The van der Waals surface area contributed by atoms with Crippen LogP contribution in [-0.2, 0) is 14.3 Å². The average Bonchev–Trinajstić information content (AvgIpc) is 2.93. The van der Waals surface area contributed by atoms with Gasteiger partial charge in [0, 0.05) is 13.0 Å². The fourth-order valence-electron chi connectivity index (χ4n) is 8.05. The molecule has 4 aliphatic rings. The number of unbranched alkanes of at least 4 members (excludes halogenated alkanes) is 2. The van der Waals surface area contributed by atoms with Crippen molar-refractivity contribution in [1.29, 1.82) is 0 Å². The molecule has 0 aromatic heterocycles. The van der Waals surface area contributed by atoms with Gasteiger partial charge in [-0.3, -0.25) is 4.79 Å². The summed E-state index contributed by atoms with van der Waals surface area (Å²) in [4.78, 5) is 12.6. The lowest BCUT2D eigenvalue weighted by Crippen LogP contribution is -2.35. The molecule has 218 valence electrons. The SMILES string of the molecule is C=C1CCC(C(=O)OC2CCC(C3CCC(CCCCC4CCC(OCCCC)CC4)CC3)CC2)C(F)C1. The predicted octanol–water partition coefficient (Wildman–Crippen LogP) is 9.53. The van der Waals surface area contributed by atoms with E-state index in [0.29, 0.717) is 18.9 Å². The lowest BCUT2D eigenvalue weighted by atomic mass is 9.70. The van der Waals surface area contributed by atoms with Crippen molar-refractivity contribution < 1.29 is 18.7 Å². The molecule has 2 unspecified atom stereocenters. The van der Waals surface area contributed by atoms with Crippen LogP contribution in [0.25, 0.3) is 0 Å². The van der Waals surface area contributed by atoms with Crippen LogP contribution in [0.1, 0.15) is 142 Å². The number of hydrogen-bond acceptors (Lipinski definition) is 3. The van der Waals surface area contributed by atoms with Gasteiger partial charge in [0.1, 0.15) is 12.3 Å². The number of halogens is 1. The van der Waals surface area contributed by atoms with Crippen molar-refractivity contribution in [3.63, 3.8) is 0 Å². The first kappa shape index (κ1) is 30.1. The summed E-state index contributed by atoms with van der Waals surface area (Å²) >= 11 is 0. The first-order valence-electron chi connectivity index (χ1n) is 16.6. The van der Waals surface area contributed by atoms with E-state index in [1.165, 1.54) is 103 Å². The lowest BCUT2D eigenvalue weighted by molar-refractivity contribution is -0.159. The molecule has 0 aromatic rings. The van der Waals surface area contributed by atoms with E-state index in [1.54, 1.807) is 0 Å². The number of ether oxygens (including phenoxy) is 2. The van der Waals surface area contributed by atoms with Crippen molar-refractivity contribution in [2.45, 2.75) is 160 Å². The molecule has 2 atom stereocenters. The minimum Gasteiger partial charge on any atom is -0.462 e. The van der Waals surface area contributed by atoms with Crippen LogP contribution in [0.5, 0.6) is 0 Å². The third kappa shape index (κ3) is 9.34. The van der Waals surface area contributed by atoms with Crippen molar-refractivity contribution in [3.8, 4) is 0 Å². The molecule has 0 N–H and O–H groups in total. The zero-order valence-electron chi connectivity index (χ0n) is 24.5. The Bertz CT molecular complexity index is 699. The Morgan fingerprint density at radius 2 is 1.34 bits per heavy atom. The van der Waals surface area contributed by atoms with Crippen LogP contribution in [0.15, 0.2) is 12.2 Å². The predicted molar refractivity (Wildman–Crippen MR) is 154 cm³/mol. The highest BCUT2D eigenvalue weighted by Crippen LogP contribution is 2.42. The molecule has 4 fully saturated rings. The highest BCUT2D eigenvalue weighted by molar-refractivity contribution is 5.73. The maximum absolute atomic E-state index is 14.3. The molecular formula is C34H57FO3. The molecule has 0 radical (unpaired) electrons. The van der Waals surface area contributed by atoms with Gasteiger partial charge >= 0.3 is 5.97 Å². The number of carbonyl (C=O) groups excluding carboxylic acids is 1. The van der Waals surface area contributed by atoms with E-state index in [1.807, 2.05) is 0 Å². The number of carbonyl (C=O) groups is 1. The van der Waals surface area contributed by atoms with E-state index in [0.717, 1.165) is 55.1 Å². The largest absolute Gasteiger partial charge is 0.462 e. The van der Waals surface area contributed by atoms with E-state index in [-0.39, 0.29) is 12.1 Å². The zero-order valence-corrected chi connectivity index (χ0v) is 24.5. The molecule has 4 heteroatoms. The molecule has 3 nitrogen and oxygen atoms in total. The molecule has 0 spiro atoms. The smallest absolute Gasteiger partial charge is 0.312 e. The molecule has 4 aliphatic carbocycles. The molecule has 0 heterocycles. The van der Waals surface area contributed by atoms with Crippen molar-refractivity contribution in [1.82, 2.24) is 0 Å². The first-order valence-corrected chi connectivity index (χ1v) is 16.6. The molecule has 0 saturated heterocycles. The summed E-state index contributed by atoms with van der Waals surface area (Å²) in [6.45, 7) is 7.08. The zero-order chi connectivity index (χ0) is 26.7. The molecule has 4 rings (SSSR count). The van der Waals surface area contributed by atoms with Gasteiger partial charge < -0.3 is 9.47 Å². The maximum atomic E-state index is 14.3. The van der Waals surface area contributed by atoms with Gasteiger partial charge in [-0.1, -0.05) is 64.0 Å². The van der Waals surface area contributed by atoms with Crippen LogP contribution in [0.2, 0.25) is 0 Å². The first-order chi connectivity index (χ1) is 18.5. The Morgan fingerprint density at radius 1 is 0.789 bits per heavy atom. The van der Waals surface area contributed by atoms with Gasteiger partial charge in [-0.2, -0.15) is 0 Å². The highest BCUT2D eigenvalue weighted by atomic mass is 19.1. The van der Waals surface area contributed by atoms with Crippen LogP contribution < -0.4 is 0 Å². The molecule has 0 aliphatic heterocycles. The summed E-state index contributed by atoms with van der Waals surface area (Å²) < 4.78 is 26.2. The van der Waals surface area contributed by atoms with Crippen molar-refractivity contribution in [2.75, 3.05) is 6.61 Å².